The second-order valence-electron chi connectivity index (χ2n) is 8.80. The van der Waals surface area contributed by atoms with Gasteiger partial charge in [0.1, 0.15) is 0 Å². The maximum atomic E-state index is 15.2. The molecule has 3 N–H and O–H groups in total. The van der Waals surface area contributed by atoms with Crippen molar-refractivity contribution in [3.05, 3.63) is 71.4 Å². The van der Waals surface area contributed by atoms with E-state index in [1.165, 1.54) is 0 Å². The third-order valence-electron chi connectivity index (χ3n) is 6.30. The number of aliphatic hydroxyl groups is 3. The van der Waals surface area contributed by atoms with E-state index >= 15 is 4.39 Å². The van der Waals surface area contributed by atoms with Gasteiger partial charge in [-0.15, -0.1) is 0 Å². The second kappa shape index (κ2) is 11.8. The van der Waals surface area contributed by atoms with E-state index in [-0.39, 0.29) is 18.4 Å². The topological polar surface area (TPSA) is 79.2 Å². The van der Waals surface area contributed by atoms with Gasteiger partial charge in [0.05, 0.1) is 0 Å². The number of benzene rings is 1. The molecule has 4 unspecified atom stereocenters. The third kappa shape index (κ3) is 6.71. The Bertz CT molecular complexity index is 966. The van der Waals surface area contributed by atoms with E-state index in [1.54, 1.807) is 13.0 Å². The summed E-state index contributed by atoms with van der Waals surface area (Å²) in [5, 5.41) is 28.4. The number of rotatable bonds is 11. The fourth-order valence-corrected chi connectivity index (χ4v) is 5.04. The van der Waals surface area contributed by atoms with Gasteiger partial charge in [-0.05, 0) is 0 Å². The molecule has 7 heteroatoms. The summed E-state index contributed by atoms with van der Waals surface area (Å²) in [5.41, 5.74) is 3.09. The number of hydrogen-bond acceptors (Lipinski definition) is 5. The average Bonchev–Trinajstić information content (AvgIpc) is 3.20. The Labute approximate surface area is 211 Å². The van der Waals surface area contributed by atoms with Crippen molar-refractivity contribution >= 4 is 0 Å². The average molecular weight is 585 g/mol. The predicted octanol–water partition coefficient (Wildman–Crippen LogP) is 1.55. The molecule has 0 saturated heterocycles. The van der Waals surface area contributed by atoms with Crippen LogP contribution in [0.3, 0.4) is 0 Å². The molecule has 1 aliphatic carbocycles. The minimum atomic E-state index is -1.42. The normalized spacial score (nSPS) is 22.7. The SMILES string of the molecule is C=C(/C(=C\CC(CC)Oc1ccc2c(c1)OCC2CC(O)O)C1=CCC(O)C=C1)C(C)(F)[I-]C. The van der Waals surface area contributed by atoms with Crippen molar-refractivity contribution in [3.8, 4) is 11.5 Å². The van der Waals surface area contributed by atoms with Crippen LogP contribution in [0.5, 0.6) is 11.5 Å². The van der Waals surface area contributed by atoms with E-state index < -0.39 is 37.3 Å². The van der Waals surface area contributed by atoms with Gasteiger partial charge in [-0.1, -0.05) is 0 Å². The van der Waals surface area contributed by atoms with E-state index in [0.717, 1.165) is 23.1 Å². The number of ether oxygens (including phenoxy) is 2. The van der Waals surface area contributed by atoms with Crippen molar-refractivity contribution < 1.29 is 50.4 Å². The molecule has 0 saturated carbocycles. The molecule has 0 bridgehead atoms. The first kappa shape index (κ1) is 26.9. The molecule has 1 aromatic rings. The van der Waals surface area contributed by atoms with Gasteiger partial charge in [0.15, 0.2) is 6.29 Å². The standard InChI is InChI=1S/C27H35FIO5/c1-5-21(34-22-11-13-24-19(14-26(31)32)16-33-25(24)15-22)10-12-23(17(2)27(3,28)29-4)18-6-8-20(30)9-7-18/h6-8,11-13,15,19-21,26,30-32H,2,5,9-10,14,16H2,1,3-4H3/q-1/b23-12+. The molecule has 0 spiro atoms. The summed E-state index contributed by atoms with van der Waals surface area (Å²) in [6.45, 7) is 8.16. The van der Waals surface area contributed by atoms with Crippen molar-refractivity contribution in [2.75, 3.05) is 11.5 Å². The first-order valence-corrected chi connectivity index (χ1v) is 14.8. The molecule has 5 nitrogen and oxygen atoms in total. The summed E-state index contributed by atoms with van der Waals surface area (Å²) < 4.78 is 25.8. The molecule has 1 aromatic carbocycles. The zero-order valence-electron chi connectivity index (χ0n) is 20.0. The molecule has 2 aliphatic rings. The van der Waals surface area contributed by atoms with Crippen LogP contribution in [0.15, 0.2) is 65.8 Å². The zero-order chi connectivity index (χ0) is 24.9. The van der Waals surface area contributed by atoms with Crippen LogP contribution in [0.1, 0.15) is 51.0 Å². The molecule has 0 amide bonds. The van der Waals surface area contributed by atoms with E-state index in [4.69, 9.17) is 9.47 Å². The summed E-state index contributed by atoms with van der Waals surface area (Å²) in [6.07, 6.45) is 7.57. The fourth-order valence-electron chi connectivity index (χ4n) is 4.09. The Kier molecular flexibility index (Phi) is 9.37. The zero-order valence-corrected chi connectivity index (χ0v) is 22.2. The maximum absolute atomic E-state index is 15.2. The van der Waals surface area contributed by atoms with E-state index in [2.05, 4.69) is 6.58 Å². The van der Waals surface area contributed by atoms with Gasteiger partial charge in [0, 0.05) is 6.42 Å². The number of allylic oxidation sites excluding steroid dienone is 4. The van der Waals surface area contributed by atoms with Crippen LogP contribution >= 0.6 is 0 Å². The van der Waals surface area contributed by atoms with E-state index in [9.17, 15) is 15.3 Å². The van der Waals surface area contributed by atoms with Gasteiger partial charge in [-0.2, -0.15) is 0 Å². The molecule has 4 atom stereocenters. The Balaban J connectivity index is 1.76. The minimum absolute atomic E-state index is 0.0470. The van der Waals surface area contributed by atoms with Crippen LogP contribution in [0.4, 0.5) is 4.39 Å². The van der Waals surface area contributed by atoms with Crippen molar-refractivity contribution in [2.45, 2.75) is 67.6 Å². The van der Waals surface area contributed by atoms with Crippen molar-refractivity contribution in [2.24, 2.45) is 0 Å². The number of fused-ring (bicyclic) bond motifs is 1. The van der Waals surface area contributed by atoms with Gasteiger partial charge >= 0.3 is 189 Å². The molecule has 1 heterocycles. The first-order chi connectivity index (χ1) is 16.1. The Hall–Kier alpha value is -1.68. The quantitative estimate of drug-likeness (QED) is 0.159. The summed E-state index contributed by atoms with van der Waals surface area (Å²) in [7, 11) is 0. The molecule has 0 fully saturated rings. The number of aliphatic hydroxyl groups excluding tert-OH is 2. The molecule has 34 heavy (non-hydrogen) atoms. The van der Waals surface area contributed by atoms with Gasteiger partial charge < -0.3 is 10.2 Å². The summed E-state index contributed by atoms with van der Waals surface area (Å²) in [4.78, 5) is 1.91. The molecular weight excluding hydrogens is 550 g/mol. The molecular formula is C27H35FIO5-. The molecule has 0 aromatic heterocycles. The van der Waals surface area contributed by atoms with Crippen LogP contribution in [0.2, 0.25) is 0 Å². The Morgan fingerprint density at radius 3 is 2.79 bits per heavy atom. The number of halogens is 2. The van der Waals surface area contributed by atoms with Crippen molar-refractivity contribution in [1.29, 1.82) is 0 Å². The molecule has 0 radical (unpaired) electrons. The predicted molar refractivity (Wildman–Crippen MR) is 127 cm³/mol. The van der Waals surface area contributed by atoms with Crippen LogP contribution < -0.4 is 30.7 Å². The Morgan fingerprint density at radius 1 is 1.41 bits per heavy atom. The number of hydrogen-bond donors (Lipinski definition) is 3. The van der Waals surface area contributed by atoms with Crippen LogP contribution in [0, 0.1) is 0 Å². The summed E-state index contributed by atoms with van der Waals surface area (Å²) in [5.74, 6) is 1.34. The van der Waals surface area contributed by atoms with E-state index in [0.29, 0.717) is 36.5 Å². The molecule has 3 rings (SSSR count). The van der Waals surface area contributed by atoms with Crippen molar-refractivity contribution in [3.63, 3.8) is 0 Å². The van der Waals surface area contributed by atoms with Crippen LogP contribution in [0.25, 0.3) is 0 Å². The van der Waals surface area contributed by atoms with Gasteiger partial charge in [-0.3, -0.25) is 0 Å². The van der Waals surface area contributed by atoms with Gasteiger partial charge in [0.2, 0.25) is 0 Å². The summed E-state index contributed by atoms with van der Waals surface area (Å²) >= 11 is -0.713. The first-order valence-electron chi connectivity index (χ1n) is 11.6. The summed E-state index contributed by atoms with van der Waals surface area (Å²) in [6, 6.07) is 5.65. The van der Waals surface area contributed by atoms with E-state index in [1.807, 2.05) is 48.3 Å². The second-order valence-corrected chi connectivity index (χ2v) is 11.9. The monoisotopic (exact) mass is 585 g/mol. The Morgan fingerprint density at radius 2 is 2.18 bits per heavy atom. The van der Waals surface area contributed by atoms with Gasteiger partial charge in [-0.25, -0.2) is 0 Å². The van der Waals surface area contributed by atoms with Crippen molar-refractivity contribution in [1.82, 2.24) is 0 Å². The van der Waals surface area contributed by atoms with Crippen LogP contribution in [-0.2, 0) is 0 Å². The van der Waals surface area contributed by atoms with Gasteiger partial charge in [0.25, 0.3) is 0 Å². The fraction of sp³-hybridized carbons (Fsp3) is 0.481. The number of alkyl halides is 3. The van der Waals surface area contributed by atoms with Crippen LogP contribution in [-0.4, -0.2) is 49.0 Å². The molecule has 1 aliphatic heterocycles. The third-order valence-corrected chi connectivity index (χ3v) is 8.98. The molecule has 188 valence electrons.